The number of amides is 1. The summed E-state index contributed by atoms with van der Waals surface area (Å²) in [5.41, 5.74) is 2.22. The molecule has 4 nitrogen and oxygen atoms in total. The number of ether oxygens (including phenoxy) is 1. The van der Waals surface area contributed by atoms with Crippen LogP contribution in [0.4, 0.5) is 5.69 Å². The van der Waals surface area contributed by atoms with Crippen LogP contribution in [0.5, 0.6) is 0 Å². The second-order valence-corrected chi connectivity index (χ2v) is 6.79. The minimum absolute atomic E-state index is 0.00903. The average molecular weight is 334 g/mol. The van der Waals surface area contributed by atoms with E-state index in [-0.39, 0.29) is 5.91 Å². The lowest BCUT2D eigenvalue weighted by atomic mass is 10.1. The van der Waals surface area contributed by atoms with E-state index in [1.807, 2.05) is 25.1 Å². The highest BCUT2D eigenvalue weighted by Gasteiger charge is 2.30. The van der Waals surface area contributed by atoms with Gasteiger partial charge in [0.2, 0.25) is 0 Å². The second-order valence-electron chi connectivity index (χ2n) is 5.12. The lowest BCUT2D eigenvalue weighted by Crippen LogP contribution is -2.36. The number of nitrogens with zero attached hydrogens (tertiary/aromatic N) is 2. The quantitative estimate of drug-likeness (QED) is 0.627. The summed E-state index contributed by atoms with van der Waals surface area (Å²) < 4.78 is 6.01. The molecule has 0 saturated carbocycles. The molecule has 0 bridgehead atoms. The molecule has 1 amide bonds. The molecule has 116 valence electrons. The first kappa shape index (κ1) is 15.5. The lowest BCUT2D eigenvalue weighted by Gasteiger charge is -2.28. The van der Waals surface area contributed by atoms with E-state index in [2.05, 4.69) is 17.0 Å². The Morgan fingerprint density at radius 3 is 2.55 bits per heavy atom. The van der Waals surface area contributed by atoms with Gasteiger partial charge in [0.1, 0.15) is 4.32 Å². The molecule has 2 heterocycles. The zero-order valence-corrected chi connectivity index (χ0v) is 14.1. The van der Waals surface area contributed by atoms with Crippen LogP contribution in [-0.4, -0.2) is 48.0 Å². The minimum atomic E-state index is 0.00903. The summed E-state index contributed by atoms with van der Waals surface area (Å²) in [7, 11) is 0. The van der Waals surface area contributed by atoms with Gasteiger partial charge in [-0.2, -0.15) is 0 Å². The van der Waals surface area contributed by atoms with Crippen LogP contribution in [0.25, 0.3) is 6.08 Å². The number of rotatable bonds is 3. The van der Waals surface area contributed by atoms with Crippen molar-refractivity contribution in [2.45, 2.75) is 6.92 Å². The van der Waals surface area contributed by atoms with Gasteiger partial charge in [0.05, 0.1) is 18.1 Å². The summed E-state index contributed by atoms with van der Waals surface area (Å²) in [4.78, 5) is 16.8. The Morgan fingerprint density at radius 2 is 1.95 bits per heavy atom. The smallest absolute Gasteiger partial charge is 0.266 e. The molecule has 0 atom stereocenters. The van der Waals surface area contributed by atoms with Crippen molar-refractivity contribution in [3.05, 3.63) is 34.7 Å². The molecule has 0 aromatic heterocycles. The maximum absolute atomic E-state index is 12.2. The average Bonchev–Trinajstić information content (AvgIpc) is 2.82. The van der Waals surface area contributed by atoms with Gasteiger partial charge in [0, 0.05) is 25.3 Å². The van der Waals surface area contributed by atoms with Crippen LogP contribution in [0.3, 0.4) is 0 Å². The normalized spacial score (nSPS) is 21.0. The number of benzene rings is 1. The van der Waals surface area contributed by atoms with Crippen molar-refractivity contribution in [3.8, 4) is 0 Å². The van der Waals surface area contributed by atoms with Crippen LogP contribution in [0, 0.1) is 0 Å². The van der Waals surface area contributed by atoms with Gasteiger partial charge in [-0.3, -0.25) is 9.69 Å². The van der Waals surface area contributed by atoms with Crippen molar-refractivity contribution in [1.29, 1.82) is 0 Å². The maximum Gasteiger partial charge on any atom is 0.266 e. The number of hydrogen-bond acceptors (Lipinski definition) is 5. The molecule has 22 heavy (non-hydrogen) atoms. The zero-order chi connectivity index (χ0) is 15.5. The molecule has 3 rings (SSSR count). The van der Waals surface area contributed by atoms with E-state index >= 15 is 0 Å². The largest absolute Gasteiger partial charge is 0.378 e. The van der Waals surface area contributed by atoms with Gasteiger partial charge >= 0.3 is 0 Å². The number of carbonyl (C=O) groups excluding carboxylic acids is 1. The van der Waals surface area contributed by atoms with E-state index < -0.39 is 0 Å². The molecule has 2 fully saturated rings. The number of thioether (sulfide) groups is 1. The molecule has 2 aliphatic rings. The van der Waals surface area contributed by atoms with Gasteiger partial charge in [-0.25, -0.2) is 0 Å². The highest BCUT2D eigenvalue weighted by molar-refractivity contribution is 8.26. The predicted octanol–water partition coefficient (Wildman–Crippen LogP) is 2.74. The topological polar surface area (TPSA) is 32.8 Å². The summed E-state index contributed by atoms with van der Waals surface area (Å²) in [6, 6.07) is 8.28. The van der Waals surface area contributed by atoms with Crippen LogP contribution in [0.2, 0.25) is 0 Å². The third-order valence-corrected chi connectivity index (χ3v) is 5.13. The molecule has 0 aliphatic carbocycles. The number of morpholine rings is 1. The third kappa shape index (κ3) is 3.19. The highest BCUT2D eigenvalue weighted by Crippen LogP contribution is 2.32. The van der Waals surface area contributed by atoms with E-state index in [0.717, 1.165) is 31.9 Å². The Hall–Kier alpha value is -1.37. The molecule has 2 saturated heterocycles. The molecule has 0 radical (unpaired) electrons. The Labute approximate surface area is 140 Å². The molecule has 1 aromatic carbocycles. The van der Waals surface area contributed by atoms with E-state index in [4.69, 9.17) is 17.0 Å². The fourth-order valence-corrected chi connectivity index (χ4v) is 3.91. The number of carbonyl (C=O) groups is 1. The highest BCUT2D eigenvalue weighted by atomic mass is 32.2. The van der Waals surface area contributed by atoms with Crippen molar-refractivity contribution in [3.63, 3.8) is 0 Å². The monoisotopic (exact) mass is 334 g/mol. The molecular weight excluding hydrogens is 316 g/mol. The first-order valence-electron chi connectivity index (χ1n) is 7.37. The van der Waals surface area contributed by atoms with Gasteiger partial charge in [0.15, 0.2) is 0 Å². The Kier molecular flexibility index (Phi) is 4.81. The molecule has 0 N–H and O–H groups in total. The maximum atomic E-state index is 12.2. The number of hydrogen-bond donors (Lipinski definition) is 0. The summed E-state index contributed by atoms with van der Waals surface area (Å²) in [5.74, 6) is 0.00903. The fourth-order valence-electron chi connectivity index (χ4n) is 2.53. The van der Waals surface area contributed by atoms with E-state index in [0.29, 0.717) is 15.8 Å². The third-order valence-electron chi connectivity index (χ3n) is 3.76. The van der Waals surface area contributed by atoms with Crippen LogP contribution in [-0.2, 0) is 9.53 Å². The van der Waals surface area contributed by atoms with Crippen molar-refractivity contribution < 1.29 is 9.53 Å². The van der Waals surface area contributed by atoms with Gasteiger partial charge in [-0.05, 0) is 30.7 Å². The molecular formula is C16H18N2O2S2. The van der Waals surface area contributed by atoms with E-state index in [9.17, 15) is 4.79 Å². The zero-order valence-electron chi connectivity index (χ0n) is 12.4. The van der Waals surface area contributed by atoms with Crippen LogP contribution < -0.4 is 4.90 Å². The minimum Gasteiger partial charge on any atom is -0.378 e. The van der Waals surface area contributed by atoms with Gasteiger partial charge in [-0.1, -0.05) is 36.1 Å². The van der Waals surface area contributed by atoms with Crippen molar-refractivity contribution >= 4 is 46.0 Å². The lowest BCUT2D eigenvalue weighted by molar-refractivity contribution is -0.121. The van der Waals surface area contributed by atoms with Crippen molar-refractivity contribution in [2.75, 3.05) is 37.7 Å². The Morgan fingerprint density at radius 1 is 1.27 bits per heavy atom. The molecule has 2 aliphatic heterocycles. The molecule has 0 unspecified atom stereocenters. The Balaban J connectivity index is 1.74. The van der Waals surface area contributed by atoms with Gasteiger partial charge in [0.25, 0.3) is 5.91 Å². The van der Waals surface area contributed by atoms with Gasteiger partial charge in [-0.15, -0.1) is 0 Å². The van der Waals surface area contributed by atoms with Crippen molar-refractivity contribution in [1.82, 2.24) is 4.90 Å². The fraction of sp³-hybridized carbons (Fsp3) is 0.375. The van der Waals surface area contributed by atoms with E-state index in [1.165, 1.54) is 17.4 Å². The number of anilines is 1. The van der Waals surface area contributed by atoms with Crippen LogP contribution in [0.15, 0.2) is 29.2 Å². The van der Waals surface area contributed by atoms with Crippen LogP contribution in [0.1, 0.15) is 12.5 Å². The Bertz CT molecular complexity index is 607. The second kappa shape index (κ2) is 6.81. The van der Waals surface area contributed by atoms with Gasteiger partial charge < -0.3 is 9.64 Å². The molecule has 6 heteroatoms. The SMILES string of the molecule is CCN1C(=O)/C(=C\c2ccc(N3CCOCC3)cc2)SC1=S. The van der Waals surface area contributed by atoms with E-state index in [1.54, 1.807) is 4.90 Å². The summed E-state index contributed by atoms with van der Waals surface area (Å²) >= 11 is 6.60. The first-order valence-corrected chi connectivity index (χ1v) is 8.59. The molecule has 0 spiro atoms. The molecule has 1 aromatic rings. The predicted molar refractivity (Wildman–Crippen MR) is 95.0 cm³/mol. The standard InChI is InChI=1S/C16H18N2O2S2/c1-2-18-15(19)14(22-16(18)21)11-12-3-5-13(6-4-12)17-7-9-20-10-8-17/h3-6,11H,2,7-10H2,1H3/b14-11+. The number of thiocarbonyl (C=S) groups is 1. The number of likely N-dealkylation sites (N-methyl/N-ethyl adjacent to an activating group) is 1. The first-order chi connectivity index (χ1) is 10.7. The summed E-state index contributed by atoms with van der Waals surface area (Å²) in [5, 5.41) is 0. The summed E-state index contributed by atoms with van der Waals surface area (Å²) in [6.45, 7) is 5.97. The van der Waals surface area contributed by atoms with Crippen LogP contribution >= 0.6 is 24.0 Å². The van der Waals surface area contributed by atoms with Crippen molar-refractivity contribution in [2.24, 2.45) is 0 Å². The summed E-state index contributed by atoms with van der Waals surface area (Å²) in [6.07, 6.45) is 1.91.